The molecule has 2 rings (SSSR count). The van der Waals surface area contributed by atoms with Crippen LogP contribution in [-0.2, 0) is 6.42 Å². The summed E-state index contributed by atoms with van der Waals surface area (Å²) in [6.07, 6.45) is 0.822. The standard InChI is InChI=1S/C14H19NO4.ClH/c1-18-12-5-9-3-4-15-14(10(7-16)8-17)11(9)6-13(12)19-2;/h5-6,10,16-17H,3-4,7-8H2,1-2H3;1H. The Hall–Kier alpha value is -1.30. The molecule has 6 heteroatoms. The summed E-state index contributed by atoms with van der Waals surface area (Å²) < 4.78 is 10.6. The molecule has 112 valence electrons. The van der Waals surface area contributed by atoms with Gasteiger partial charge in [-0.15, -0.1) is 12.4 Å². The van der Waals surface area contributed by atoms with Crippen molar-refractivity contribution < 1.29 is 19.7 Å². The number of ether oxygens (including phenoxy) is 2. The molecule has 0 saturated carbocycles. The minimum atomic E-state index is -0.350. The fourth-order valence-electron chi connectivity index (χ4n) is 2.33. The van der Waals surface area contributed by atoms with Gasteiger partial charge in [0, 0.05) is 18.0 Å². The lowest BCUT2D eigenvalue weighted by molar-refractivity contribution is 0.187. The maximum absolute atomic E-state index is 9.33. The van der Waals surface area contributed by atoms with E-state index in [1.54, 1.807) is 14.2 Å². The second-order valence-electron chi connectivity index (χ2n) is 4.44. The molecular formula is C14H20ClNO4. The summed E-state index contributed by atoms with van der Waals surface area (Å²) in [5, 5.41) is 18.7. The molecule has 0 aromatic heterocycles. The summed E-state index contributed by atoms with van der Waals surface area (Å²) in [4.78, 5) is 4.44. The first-order valence-corrected chi connectivity index (χ1v) is 6.26. The molecule has 2 N–H and O–H groups in total. The second-order valence-corrected chi connectivity index (χ2v) is 4.44. The zero-order valence-corrected chi connectivity index (χ0v) is 12.4. The number of aliphatic hydroxyl groups excluding tert-OH is 2. The molecule has 5 nitrogen and oxygen atoms in total. The van der Waals surface area contributed by atoms with E-state index in [1.165, 1.54) is 0 Å². The molecule has 1 aromatic carbocycles. The molecule has 0 atom stereocenters. The molecule has 0 spiro atoms. The van der Waals surface area contributed by atoms with Crippen LogP contribution in [0.2, 0.25) is 0 Å². The van der Waals surface area contributed by atoms with Crippen LogP contribution >= 0.6 is 12.4 Å². The minimum Gasteiger partial charge on any atom is -0.493 e. The van der Waals surface area contributed by atoms with Crippen molar-refractivity contribution in [2.24, 2.45) is 10.9 Å². The van der Waals surface area contributed by atoms with Gasteiger partial charge in [0.1, 0.15) is 0 Å². The molecule has 1 heterocycles. The molecule has 0 amide bonds. The Morgan fingerprint density at radius 3 is 2.30 bits per heavy atom. The van der Waals surface area contributed by atoms with Crippen LogP contribution in [0.1, 0.15) is 11.1 Å². The van der Waals surface area contributed by atoms with E-state index in [1.807, 2.05) is 12.1 Å². The van der Waals surface area contributed by atoms with Crippen LogP contribution in [0.15, 0.2) is 17.1 Å². The van der Waals surface area contributed by atoms with Crippen molar-refractivity contribution in [2.45, 2.75) is 6.42 Å². The van der Waals surface area contributed by atoms with Crippen LogP contribution in [-0.4, -0.2) is 49.9 Å². The maximum Gasteiger partial charge on any atom is 0.161 e. The predicted molar refractivity (Wildman–Crippen MR) is 79.6 cm³/mol. The number of rotatable bonds is 5. The largest absolute Gasteiger partial charge is 0.493 e. The van der Waals surface area contributed by atoms with Crippen molar-refractivity contribution in [2.75, 3.05) is 34.0 Å². The first-order valence-electron chi connectivity index (χ1n) is 6.26. The Labute approximate surface area is 124 Å². The molecule has 20 heavy (non-hydrogen) atoms. The normalized spacial score (nSPS) is 13.3. The highest BCUT2D eigenvalue weighted by Crippen LogP contribution is 2.33. The van der Waals surface area contributed by atoms with Gasteiger partial charge in [-0.2, -0.15) is 0 Å². The smallest absolute Gasteiger partial charge is 0.161 e. The summed E-state index contributed by atoms with van der Waals surface area (Å²) in [5.41, 5.74) is 2.78. The number of nitrogens with zero attached hydrogens (tertiary/aromatic N) is 1. The third-order valence-electron chi connectivity index (χ3n) is 3.38. The maximum atomic E-state index is 9.33. The van der Waals surface area contributed by atoms with Gasteiger partial charge in [-0.25, -0.2) is 0 Å². The number of methoxy groups -OCH3 is 2. The van der Waals surface area contributed by atoms with E-state index in [2.05, 4.69) is 4.99 Å². The summed E-state index contributed by atoms with van der Waals surface area (Å²) in [7, 11) is 3.19. The Bertz CT molecular complexity index is 486. The van der Waals surface area contributed by atoms with Crippen LogP contribution in [0.3, 0.4) is 0 Å². The number of benzene rings is 1. The first kappa shape index (κ1) is 16.8. The zero-order valence-electron chi connectivity index (χ0n) is 11.6. The van der Waals surface area contributed by atoms with E-state index in [0.29, 0.717) is 18.0 Å². The van der Waals surface area contributed by atoms with Gasteiger partial charge < -0.3 is 19.7 Å². The van der Waals surface area contributed by atoms with E-state index in [9.17, 15) is 10.2 Å². The van der Waals surface area contributed by atoms with Gasteiger partial charge in [0.2, 0.25) is 0 Å². The van der Waals surface area contributed by atoms with Gasteiger partial charge in [0.05, 0.1) is 33.1 Å². The van der Waals surface area contributed by atoms with Gasteiger partial charge in [-0.1, -0.05) is 0 Å². The minimum absolute atomic E-state index is 0. The molecule has 0 unspecified atom stereocenters. The Morgan fingerprint density at radius 2 is 1.75 bits per heavy atom. The quantitative estimate of drug-likeness (QED) is 0.853. The number of hydrogen-bond donors (Lipinski definition) is 2. The molecule has 1 aliphatic rings. The highest BCUT2D eigenvalue weighted by molar-refractivity contribution is 6.04. The molecule has 0 aliphatic carbocycles. The van der Waals surface area contributed by atoms with Crippen LogP contribution < -0.4 is 9.47 Å². The summed E-state index contributed by atoms with van der Waals surface area (Å²) in [6, 6.07) is 3.80. The molecule has 0 fully saturated rings. The van der Waals surface area contributed by atoms with E-state index in [0.717, 1.165) is 23.3 Å². The lowest BCUT2D eigenvalue weighted by Gasteiger charge is -2.23. The number of fused-ring (bicyclic) bond motifs is 1. The van der Waals surface area contributed by atoms with Crippen LogP contribution in [0.5, 0.6) is 11.5 Å². The van der Waals surface area contributed by atoms with Crippen molar-refractivity contribution in [3.8, 4) is 11.5 Å². The van der Waals surface area contributed by atoms with Crippen molar-refractivity contribution in [1.29, 1.82) is 0 Å². The molecule has 1 aliphatic heterocycles. The summed E-state index contributed by atoms with van der Waals surface area (Å²) >= 11 is 0. The van der Waals surface area contributed by atoms with Crippen LogP contribution in [0, 0.1) is 5.92 Å². The predicted octanol–water partition coefficient (Wildman–Crippen LogP) is 1.07. The molecule has 0 bridgehead atoms. The third-order valence-corrected chi connectivity index (χ3v) is 3.38. The molecular weight excluding hydrogens is 282 g/mol. The Morgan fingerprint density at radius 1 is 1.15 bits per heavy atom. The highest BCUT2D eigenvalue weighted by Gasteiger charge is 2.23. The van der Waals surface area contributed by atoms with Gasteiger partial charge in [-0.3, -0.25) is 4.99 Å². The Kier molecular flexibility index (Phi) is 6.26. The van der Waals surface area contributed by atoms with Crippen molar-refractivity contribution in [3.63, 3.8) is 0 Å². The van der Waals surface area contributed by atoms with Crippen LogP contribution in [0.4, 0.5) is 0 Å². The Balaban J connectivity index is 0.00000200. The monoisotopic (exact) mass is 301 g/mol. The number of aliphatic imine (C=N–C) groups is 1. The van der Waals surface area contributed by atoms with Gasteiger partial charge >= 0.3 is 0 Å². The molecule has 0 saturated heterocycles. The lowest BCUT2D eigenvalue weighted by Crippen LogP contribution is -2.27. The fraction of sp³-hybridized carbons (Fsp3) is 0.500. The van der Waals surface area contributed by atoms with Gasteiger partial charge in [-0.05, 0) is 24.1 Å². The zero-order chi connectivity index (χ0) is 13.8. The number of halogens is 1. The number of aliphatic hydroxyl groups is 2. The summed E-state index contributed by atoms with van der Waals surface area (Å²) in [6.45, 7) is 0.417. The van der Waals surface area contributed by atoms with Gasteiger partial charge in [0.15, 0.2) is 11.5 Å². The van der Waals surface area contributed by atoms with Crippen LogP contribution in [0.25, 0.3) is 0 Å². The average Bonchev–Trinajstić information content (AvgIpc) is 2.47. The lowest BCUT2D eigenvalue weighted by atomic mass is 9.90. The highest BCUT2D eigenvalue weighted by atomic mass is 35.5. The first-order chi connectivity index (χ1) is 9.24. The topological polar surface area (TPSA) is 71.3 Å². The third kappa shape index (κ3) is 3.06. The van der Waals surface area contributed by atoms with E-state index in [-0.39, 0.29) is 31.5 Å². The van der Waals surface area contributed by atoms with Crippen molar-refractivity contribution in [1.82, 2.24) is 0 Å². The van der Waals surface area contributed by atoms with E-state index < -0.39 is 0 Å². The van der Waals surface area contributed by atoms with E-state index >= 15 is 0 Å². The molecule has 0 radical (unpaired) electrons. The van der Waals surface area contributed by atoms with Crippen molar-refractivity contribution in [3.05, 3.63) is 23.3 Å². The van der Waals surface area contributed by atoms with E-state index in [4.69, 9.17) is 9.47 Å². The second kappa shape index (κ2) is 7.47. The fourth-order valence-corrected chi connectivity index (χ4v) is 2.33. The van der Waals surface area contributed by atoms with Crippen molar-refractivity contribution >= 4 is 18.1 Å². The number of hydrogen-bond acceptors (Lipinski definition) is 5. The SMILES string of the molecule is COc1cc2c(cc1OC)C(C(CO)CO)=NCC2.Cl. The van der Waals surface area contributed by atoms with Gasteiger partial charge in [0.25, 0.3) is 0 Å². The molecule has 1 aromatic rings. The average molecular weight is 302 g/mol. The summed E-state index contributed by atoms with van der Waals surface area (Å²) in [5.74, 6) is 0.967.